The molecule has 0 amide bonds. The van der Waals surface area contributed by atoms with Crippen molar-refractivity contribution in [2.75, 3.05) is 18.5 Å². The number of ether oxygens (including phenoxy) is 2. The third-order valence-electron chi connectivity index (χ3n) is 2.62. The molecule has 1 aromatic rings. The van der Waals surface area contributed by atoms with Crippen LogP contribution in [0.15, 0.2) is 24.8 Å². The molecule has 0 aliphatic rings. The molecule has 22 heavy (non-hydrogen) atoms. The minimum atomic E-state index is -0.538. The predicted octanol–water partition coefficient (Wildman–Crippen LogP) is 3.81. The van der Waals surface area contributed by atoms with E-state index < -0.39 is 5.60 Å². The number of carbonyl (C=O) groups is 1. The quantitative estimate of drug-likeness (QED) is 0.449. The van der Waals surface area contributed by atoms with Crippen LogP contribution in [0.3, 0.4) is 0 Å². The Morgan fingerprint density at radius 1 is 1.41 bits per heavy atom. The van der Waals surface area contributed by atoms with Crippen molar-refractivity contribution in [2.24, 2.45) is 0 Å². The number of nitrogens with zero attached hydrogens (tertiary/aromatic N) is 1. The Kier molecular flexibility index (Phi) is 6.89. The van der Waals surface area contributed by atoms with Crippen molar-refractivity contribution in [3.05, 3.63) is 30.4 Å². The third kappa shape index (κ3) is 6.61. The van der Waals surface area contributed by atoms with Crippen molar-refractivity contribution >= 4 is 11.8 Å². The van der Waals surface area contributed by atoms with Gasteiger partial charge in [0, 0.05) is 12.6 Å². The molecule has 5 nitrogen and oxygen atoms in total. The lowest BCUT2D eigenvalue weighted by molar-refractivity contribution is 0.00689. The Labute approximate surface area is 132 Å². The highest BCUT2D eigenvalue weighted by molar-refractivity contribution is 5.90. The lowest BCUT2D eigenvalue weighted by Gasteiger charge is -2.20. The Hall–Kier alpha value is -2.04. The highest BCUT2D eigenvalue weighted by atomic mass is 16.6. The molecular weight excluding hydrogens is 280 g/mol. The second kappa shape index (κ2) is 8.41. The zero-order valence-electron chi connectivity index (χ0n) is 13.9. The number of nitrogens with one attached hydrogen (secondary N) is 1. The van der Waals surface area contributed by atoms with Gasteiger partial charge >= 0.3 is 5.97 Å². The maximum Gasteiger partial charge on any atom is 0.338 e. The molecule has 0 aliphatic heterocycles. The Bertz CT molecular complexity index is 507. The monoisotopic (exact) mass is 306 g/mol. The van der Waals surface area contributed by atoms with Gasteiger partial charge in [-0.25, -0.2) is 4.79 Å². The average Bonchev–Trinajstić information content (AvgIpc) is 2.42. The van der Waals surface area contributed by atoms with Crippen molar-refractivity contribution in [3.63, 3.8) is 0 Å². The van der Waals surface area contributed by atoms with Crippen LogP contribution in [0.5, 0.6) is 5.88 Å². The number of aromatic nitrogens is 1. The molecular formula is C17H26N2O3. The van der Waals surface area contributed by atoms with Gasteiger partial charge in [0.25, 0.3) is 0 Å². The van der Waals surface area contributed by atoms with Gasteiger partial charge in [0.2, 0.25) is 5.88 Å². The van der Waals surface area contributed by atoms with Gasteiger partial charge in [-0.15, -0.1) is 6.58 Å². The van der Waals surface area contributed by atoms with Gasteiger partial charge in [-0.2, -0.15) is 4.98 Å². The summed E-state index contributed by atoms with van der Waals surface area (Å²) < 4.78 is 10.8. The van der Waals surface area contributed by atoms with Crippen LogP contribution in [-0.4, -0.2) is 29.7 Å². The van der Waals surface area contributed by atoms with Crippen LogP contribution in [0.4, 0.5) is 5.82 Å². The van der Waals surface area contributed by atoms with E-state index in [4.69, 9.17) is 9.47 Å². The van der Waals surface area contributed by atoms with Crippen LogP contribution in [0.1, 0.15) is 50.9 Å². The van der Waals surface area contributed by atoms with E-state index in [1.165, 1.54) is 0 Å². The number of esters is 1. The van der Waals surface area contributed by atoms with Crippen LogP contribution < -0.4 is 10.1 Å². The number of hydrogen-bond donors (Lipinski definition) is 1. The molecule has 1 rings (SSSR count). The second-order valence-electron chi connectivity index (χ2n) is 5.87. The number of rotatable bonds is 8. The Balaban J connectivity index is 2.88. The molecule has 0 atom stereocenters. The van der Waals surface area contributed by atoms with Gasteiger partial charge in [-0.05, 0) is 46.6 Å². The van der Waals surface area contributed by atoms with Gasteiger partial charge in [0.15, 0.2) is 0 Å². The van der Waals surface area contributed by atoms with Crippen molar-refractivity contribution < 1.29 is 14.3 Å². The maximum atomic E-state index is 12.2. The Morgan fingerprint density at radius 3 is 2.73 bits per heavy atom. The molecule has 0 saturated carbocycles. The highest BCUT2D eigenvalue weighted by Gasteiger charge is 2.19. The zero-order chi connectivity index (χ0) is 16.6. The molecule has 0 bridgehead atoms. The summed E-state index contributed by atoms with van der Waals surface area (Å²) in [7, 11) is 0. The predicted molar refractivity (Wildman–Crippen MR) is 88.5 cm³/mol. The first kappa shape index (κ1) is 18.0. The number of unbranched alkanes of at least 4 members (excludes halogenated alkanes) is 1. The molecule has 0 fully saturated rings. The number of allylic oxidation sites excluding steroid dienone is 1. The minimum Gasteiger partial charge on any atom is -0.478 e. The number of pyridine rings is 1. The third-order valence-corrected chi connectivity index (χ3v) is 2.62. The van der Waals surface area contributed by atoms with Gasteiger partial charge in [-0.1, -0.05) is 6.08 Å². The normalized spacial score (nSPS) is 10.9. The Morgan fingerprint density at radius 2 is 2.14 bits per heavy atom. The topological polar surface area (TPSA) is 60.5 Å². The van der Waals surface area contributed by atoms with E-state index in [1.807, 2.05) is 33.8 Å². The average molecular weight is 306 g/mol. The SMILES string of the molecule is C=CCCCNc1cc(C(=O)OC(C)(C)C)cc(OCC)n1. The molecule has 0 unspecified atom stereocenters. The van der Waals surface area contributed by atoms with E-state index >= 15 is 0 Å². The fourth-order valence-corrected chi connectivity index (χ4v) is 1.74. The molecule has 1 N–H and O–H groups in total. The lowest BCUT2D eigenvalue weighted by atomic mass is 10.2. The van der Waals surface area contributed by atoms with E-state index in [0.29, 0.717) is 23.9 Å². The minimum absolute atomic E-state index is 0.384. The molecule has 0 radical (unpaired) electrons. The molecule has 5 heteroatoms. The van der Waals surface area contributed by atoms with Gasteiger partial charge in [0.05, 0.1) is 12.2 Å². The van der Waals surface area contributed by atoms with Crippen molar-refractivity contribution in [2.45, 2.75) is 46.1 Å². The lowest BCUT2D eigenvalue weighted by Crippen LogP contribution is -2.24. The first-order valence-electron chi connectivity index (χ1n) is 7.58. The van der Waals surface area contributed by atoms with E-state index in [9.17, 15) is 4.79 Å². The summed E-state index contributed by atoms with van der Waals surface area (Å²) >= 11 is 0. The van der Waals surface area contributed by atoms with E-state index in [0.717, 1.165) is 19.4 Å². The highest BCUT2D eigenvalue weighted by Crippen LogP contribution is 2.19. The number of carbonyl (C=O) groups excluding carboxylic acids is 1. The molecule has 0 aliphatic carbocycles. The zero-order valence-corrected chi connectivity index (χ0v) is 13.9. The van der Waals surface area contributed by atoms with Crippen LogP contribution >= 0.6 is 0 Å². The van der Waals surface area contributed by atoms with Crippen molar-refractivity contribution in [1.29, 1.82) is 0 Å². The molecule has 0 spiro atoms. The summed E-state index contributed by atoms with van der Waals surface area (Å²) in [5.41, 5.74) is -0.108. The fraction of sp³-hybridized carbons (Fsp3) is 0.529. The summed E-state index contributed by atoms with van der Waals surface area (Å²) in [4.78, 5) is 16.5. The summed E-state index contributed by atoms with van der Waals surface area (Å²) in [6.45, 7) is 12.3. The van der Waals surface area contributed by atoms with Crippen LogP contribution in [-0.2, 0) is 4.74 Å². The molecule has 1 heterocycles. The molecule has 122 valence electrons. The first-order valence-corrected chi connectivity index (χ1v) is 7.58. The number of hydrogen-bond acceptors (Lipinski definition) is 5. The summed E-state index contributed by atoms with van der Waals surface area (Å²) in [5, 5.41) is 3.19. The summed E-state index contributed by atoms with van der Waals surface area (Å²) in [6.07, 6.45) is 3.75. The second-order valence-corrected chi connectivity index (χ2v) is 5.87. The van der Waals surface area contributed by atoms with Crippen molar-refractivity contribution in [1.82, 2.24) is 4.98 Å². The van der Waals surface area contributed by atoms with E-state index in [1.54, 1.807) is 12.1 Å². The smallest absolute Gasteiger partial charge is 0.338 e. The molecule has 0 saturated heterocycles. The maximum absolute atomic E-state index is 12.2. The van der Waals surface area contributed by atoms with E-state index in [-0.39, 0.29) is 5.97 Å². The molecule has 0 aromatic carbocycles. The first-order chi connectivity index (χ1) is 10.4. The van der Waals surface area contributed by atoms with Crippen LogP contribution in [0, 0.1) is 0 Å². The largest absolute Gasteiger partial charge is 0.478 e. The molecule has 1 aromatic heterocycles. The standard InChI is InChI=1S/C17H26N2O3/c1-6-8-9-10-18-14-11-13(12-15(19-14)21-7-2)16(20)22-17(3,4)5/h6,11-12H,1,7-10H2,2-5H3,(H,18,19). The summed E-state index contributed by atoms with van der Waals surface area (Å²) in [6, 6.07) is 3.29. The van der Waals surface area contributed by atoms with Crippen molar-refractivity contribution in [3.8, 4) is 5.88 Å². The summed E-state index contributed by atoms with van der Waals surface area (Å²) in [5.74, 6) is 0.637. The number of anilines is 1. The van der Waals surface area contributed by atoms with Gasteiger partial charge in [0.1, 0.15) is 11.4 Å². The fourth-order valence-electron chi connectivity index (χ4n) is 1.74. The van der Waals surface area contributed by atoms with Crippen LogP contribution in [0.2, 0.25) is 0 Å². The van der Waals surface area contributed by atoms with Crippen LogP contribution in [0.25, 0.3) is 0 Å². The van der Waals surface area contributed by atoms with Gasteiger partial charge in [-0.3, -0.25) is 0 Å². The van der Waals surface area contributed by atoms with Gasteiger partial charge < -0.3 is 14.8 Å². The van der Waals surface area contributed by atoms with E-state index in [2.05, 4.69) is 16.9 Å².